The molecule has 0 saturated carbocycles. The van der Waals surface area contributed by atoms with Crippen molar-refractivity contribution in [1.29, 1.82) is 0 Å². The van der Waals surface area contributed by atoms with Crippen molar-refractivity contribution in [2.75, 3.05) is 10.5 Å². The Morgan fingerprint density at radius 2 is 1.83 bits per heavy atom. The van der Waals surface area contributed by atoms with E-state index in [1.807, 2.05) is 54.6 Å². The Bertz CT molecular complexity index is 880. The number of guanidine groups is 1. The van der Waals surface area contributed by atoms with E-state index in [4.69, 9.17) is 0 Å². The van der Waals surface area contributed by atoms with E-state index in [1.54, 1.807) is 18.5 Å². The third kappa shape index (κ3) is 2.78. The van der Waals surface area contributed by atoms with Crippen molar-refractivity contribution < 1.29 is 0 Å². The Labute approximate surface area is 139 Å². The predicted molar refractivity (Wildman–Crippen MR) is 95.8 cm³/mol. The quantitative estimate of drug-likeness (QED) is 0.754. The molecule has 0 atom stereocenters. The van der Waals surface area contributed by atoms with Gasteiger partial charge in [0.2, 0.25) is 5.96 Å². The number of nitrogens with one attached hydrogen (secondary N) is 2. The van der Waals surface area contributed by atoms with Crippen molar-refractivity contribution in [3.8, 4) is 11.1 Å². The molecule has 0 fully saturated rings. The first-order chi connectivity index (χ1) is 11.8. The molecule has 0 saturated heterocycles. The number of hydrazine groups is 1. The first kappa shape index (κ1) is 14.2. The largest absolute Gasteiger partial charge is 0.739 e. The number of fused-ring (bicyclic) bond motifs is 1. The summed E-state index contributed by atoms with van der Waals surface area (Å²) in [6.07, 6.45) is 3.35. The molecule has 0 unspecified atom stereocenters. The van der Waals surface area contributed by atoms with Crippen molar-refractivity contribution in [1.82, 2.24) is 10.4 Å². The molecule has 6 heteroatoms. The van der Waals surface area contributed by atoms with E-state index in [0.717, 1.165) is 16.8 Å². The molecule has 1 aliphatic heterocycles. The number of anilines is 2. The van der Waals surface area contributed by atoms with Crippen LogP contribution in [0.15, 0.2) is 78.0 Å². The molecule has 0 spiro atoms. The third-order valence-corrected chi connectivity index (χ3v) is 3.67. The van der Waals surface area contributed by atoms with Crippen LogP contribution in [0.1, 0.15) is 0 Å². The zero-order chi connectivity index (χ0) is 16.4. The maximum Gasteiger partial charge on any atom is 0.219 e. The summed E-state index contributed by atoms with van der Waals surface area (Å²) in [6.45, 7) is 0. The van der Waals surface area contributed by atoms with Gasteiger partial charge in [0.1, 0.15) is 0 Å². The number of hydrogen-bond donors (Lipinski definition) is 2. The van der Waals surface area contributed by atoms with Crippen LogP contribution in [0.3, 0.4) is 0 Å². The highest BCUT2D eigenvalue weighted by molar-refractivity contribution is 5.99. The summed E-state index contributed by atoms with van der Waals surface area (Å²) < 4.78 is 0. The zero-order valence-electron chi connectivity index (χ0n) is 12.7. The van der Waals surface area contributed by atoms with Crippen molar-refractivity contribution >= 4 is 23.0 Å². The molecule has 0 radical (unpaired) electrons. The van der Waals surface area contributed by atoms with Gasteiger partial charge < -0.3 is 15.7 Å². The third-order valence-electron chi connectivity index (χ3n) is 3.67. The van der Waals surface area contributed by atoms with E-state index in [-0.39, 0.29) is 0 Å². The number of nitrogens with zero attached hydrogens (tertiary/aromatic N) is 3. The molecule has 4 rings (SSSR count). The molecule has 3 aromatic rings. The molecule has 1 aromatic heterocycles. The molecule has 2 N–H and O–H groups in total. The normalized spacial score (nSPS) is 12.9. The molecule has 0 aliphatic carbocycles. The van der Waals surface area contributed by atoms with Crippen molar-refractivity contribution in [2.45, 2.75) is 0 Å². The van der Waals surface area contributed by atoms with Gasteiger partial charge >= 0.3 is 0 Å². The Kier molecular flexibility index (Phi) is 3.57. The number of benzene rings is 2. The van der Waals surface area contributed by atoms with Crippen LogP contribution < -0.4 is 15.9 Å². The van der Waals surface area contributed by atoms with E-state index in [0.29, 0.717) is 22.5 Å². The molecular weight excluding hydrogens is 302 g/mol. The Hall–Kier alpha value is -3.38. The lowest BCUT2D eigenvalue weighted by Crippen LogP contribution is -2.44. The van der Waals surface area contributed by atoms with Gasteiger partial charge in [0.25, 0.3) is 0 Å². The second-order valence-electron chi connectivity index (χ2n) is 5.30. The molecule has 118 valence electrons. The smallest absolute Gasteiger partial charge is 0.219 e. The lowest BCUT2D eigenvalue weighted by molar-refractivity contribution is 0.907. The van der Waals surface area contributed by atoms with E-state index in [1.165, 1.54) is 0 Å². The Morgan fingerprint density at radius 3 is 2.62 bits per heavy atom. The van der Waals surface area contributed by atoms with E-state index >= 15 is 0 Å². The molecule has 0 amide bonds. The van der Waals surface area contributed by atoms with Gasteiger partial charge in [0.15, 0.2) is 0 Å². The van der Waals surface area contributed by atoms with Crippen LogP contribution >= 0.6 is 0 Å². The van der Waals surface area contributed by atoms with Crippen LogP contribution in [0.5, 0.6) is 0 Å². The van der Waals surface area contributed by atoms with E-state index < -0.39 is 0 Å². The van der Waals surface area contributed by atoms with E-state index in [9.17, 15) is 5.21 Å². The lowest BCUT2D eigenvalue weighted by Gasteiger charge is -2.36. The summed E-state index contributed by atoms with van der Waals surface area (Å²) in [4.78, 5) is 8.53. The summed E-state index contributed by atoms with van der Waals surface area (Å²) in [7, 11) is 0. The first-order valence-corrected chi connectivity index (χ1v) is 7.49. The molecule has 2 aromatic carbocycles. The highest BCUT2D eigenvalue weighted by atomic mass is 16.5. The number of aliphatic imine (C=N–C) groups is 1. The van der Waals surface area contributed by atoms with Gasteiger partial charge in [-0.15, -0.1) is 0 Å². The second-order valence-corrected chi connectivity index (χ2v) is 5.30. The number of aromatic nitrogens is 1. The van der Waals surface area contributed by atoms with Crippen LogP contribution in [0.2, 0.25) is 0 Å². The molecule has 24 heavy (non-hydrogen) atoms. The molecule has 2 heterocycles. The molecular formula is C18H14N5O-. The van der Waals surface area contributed by atoms with Crippen molar-refractivity contribution in [2.24, 2.45) is 4.99 Å². The van der Waals surface area contributed by atoms with Crippen LogP contribution in [-0.4, -0.2) is 10.9 Å². The predicted octanol–water partition coefficient (Wildman–Crippen LogP) is 3.67. The second kappa shape index (κ2) is 6.02. The average Bonchev–Trinajstić information content (AvgIpc) is 2.63. The van der Waals surface area contributed by atoms with Crippen LogP contribution in [0, 0.1) is 5.21 Å². The molecule has 0 bridgehead atoms. The fourth-order valence-electron chi connectivity index (χ4n) is 2.53. The average molecular weight is 316 g/mol. The van der Waals surface area contributed by atoms with Gasteiger partial charge in [-0.3, -0.25) is 10.4 Å². The monoisotopic (exact) mass is 316 g/mol. The van der Waals surface area contributed by atoms with Crippen LogP contribution in [-0.2, 0) is 0 Å². The highest BCUT2D eigenvalue weighted by Crippen LogP contribution is 2.34. The minimum Gasteiger partial charge on any atom is -0.739 e. The summed E-state index contributed by atoms with van der Waals surface area (Å²) >= 11 is 0. The van der Waals surface area contributed by atoms with Gasteiger partial charge in [-0.25, -0.2) is 4.99 Å². The maximum absolute atomic E-state index is 12.2. The summed E-state index contributed by atoms with van der Waals surface area (Å²) in [5.41, 5.74) is 6.59. The van der Waals surface area contributed by atoms with Crippen LogP contribution in [0.4, 0.5) is 17.1 Å². The van der Waals surface area contributed by atoms with E-state index in [2.05, 4.69) is 20.7 Å². The summed E-state index contributed by atoms with van der Waals surface area (Å²) in [5.74, 6) is 0.357. The SMILES string of the molecule is [O-]N1NC(Nc2cccnc2)=Nc2cc(-c3ccccc3)ccc21. The zero-order valence-corrected chi connectivity index (χ0v) is 12.7. The standard InChI is InChI=1S/C18H14N5O/c24-23-17-9-8-14(13-5-2-1-3-6-13)11-16(17)21-18(22-23)20-15-7-4-10-19-12-15/h1-12H,(H2,20,21,22)/q-1. The first-order valence-electron chi connectivity index (χ1n) is 7.49. The van der Waals surface area contributed by atoms with Gasteiger partial charge in [-0.2, -0.15) is 0 Å². The molecule has 6 nitrogen and oxygen atoms in total. The van der Waals surface area contributed by atoms with Gasteiger partial charge in [-0.05, 0) is 35.4 Å². The minimum atomic E-state index is 0.357. The lowest BCUT2D eigenvalue weighted by atomic mass is 10.0. The van der Waals surface area contributed by atoms with Gasteiger partial charge in [-0.1, -0.05) is 36.4 Å². The van der Waals surface area contributed by atoms with Crippen LogP contribution in [0.25, 0.3) is 11.1 Å². The number of rotatable bonds is 2. The number of pyridine rings is 1. The Morgan fingerprint density at radius 1 is 0.958 bits per heavy atom. The topological polar surface area (TPSA) is 75.6 Å². The van der Waals surface area contributed by atoms with Crippen molar-refractivity contribution in [3.05, 3.63) is 78.3 Å². The fourth-order valence-corrected chi connectivity index (χ4v) is 2.53. The summed E-state index contributed by atoms with van der Waals surface area (Å²) in [6, 6.07) is 19.2. The minimum absolute atomic E-state index is 0.357. The summed E-state index contributed by atoms with van der Waals surface area (Å²) in [5, 5.41) is 16.0. The van der Waals surface area contributed by atoms with Gasteiger partial charge in [0.05, 0.1) is 23.3 Å². The van der Waals surface area contributed by atoms with Gasteiger partial charge in [0, 0.05) is 6.20 Å². The Balaban J connectivity index is 1.69. The number of hydrogen-bond acceptors (Lipinski definition) is 6. The van der Waals surface area contributed by atoms with Crippen molar-refractivity contribution in [3.63, 3.8) is 0 Å². The molecule has 1 aliphatic rings. The maximum atomic E-state index is 12.2. The highest BCUT2D eigenvalue weighted by Gasteiger charge is 2.14. The fraction of sp³-hybridized carbons (Fsp3) is 0.